The third-order valence-corrected chi connectivity index (χ3v) is 5.44. The van der Waals surface area contributed by atoms with Gasteiger partial charge in [-0.25, -0.2) is 0 Å². The van der Waals surface area contributed by atoms with E-state index >= 15 is 0 Å². The summed E-state index contributed by atoms with van der Waals surface area (Å²) >= 11 is 0. The minimum absolute atomic E-state index is 0.0397. The highest BCUT2D eigenvalue weighted by molar-refractivity contribution is 6.01. The van der Waals surface area contributed by atoms with Crippen molar-refractivity contribution < 1.29 is 9.90 Å². The van der Waals surface area contributed by atoms with Crippen molar-refractivity contribution in [2.24, 2.45) is 0 Å². The molecule has 1 unspecified atom stereocenters. The normalized spacial score (nSPS) is 22.2. The van der Waals surface area contributed by atoms with Gasteiger partial charge in [0.2, 0.25) is 0 Å². The van der Waals surface area contributed by atoms with Crippen molar-refractivity contribution in [2.45, 2.75) is 31.7 Å². The molecule has 1 atom stereocenters. The van der Waals surface area contributed by atoms with Crippen molar-refractivity contribution in [1.82, 2.24) is 9.80 Å². The van der Waals surface area contributed by atoms with Crippen molar-refractivity contribution in [3.63, 3.8) is 0 Å². The number of phenolic OH excluding ortho intramolecular Hbond substituents is 1. The molecule has 0 saturated carbocycles. The summed E-state index contributed by atoms with van der Waals surface area (Å²) in [6.45, 7) is 3.89. The number of carbonyl (C=O) groups excluding carboxylic acids is 1. The van der Waals surface area contributed by atoms with Crippen LogP contribution in [0.1, 0.15) is 36.0 Å². The van der Waals surface area contributed by atoms with Crippen LogP contribution in [0.3, 0.4) is 0 Å². The number of rotatable bonds is 2. The Kier molecular flexibility index (Phi) is 4.15. The van der Waals surface area contributed by atoms with E-state index in [-0.39, 0.29) is 11.7 Å². The van der Waals surface area contributed by atoms with Crippen molar-refractivity contribution >= 4 is 16.7 Å². The van der Waals surface area contributed by atoms with Gasteiger partial charge in [0, 0.05) is 19.1 Å². The van der Waals surface area contributed by atoms with Crippen LogP contribution in [0, 0.1) is 0 Å². The van der Waals surface area contributed by atoms with E-state index in [1.54, 1.807) is 6.07 Å². The lowest BCUT2D eigenvalue weighted by molar-refractivity contribution is 0.0605. The highest BCUT2D eigenvalue weighted by Crippen LogP contribution is 2.28. The summed E-state index contributed by atoms with van der Waals surface area (Å²) < 4.78 is 0. The number of piperidine rings is 1. The van der Waals surface area contributed by atoms with Crippen LogP contribution in [-0.2, 0) is 0 Å². The number of hydrogen-bond donors (Lipinski definition) is 1. The Morgan fingerprint density at radius 3 is 2.46 bits per heavy atom. The zero-order valence-electron chi connectivity index (χ0n) is 13.9. The molecular weight excluding hydrogens is 300 g/mol. The molecule has 1 N–H and O–H groups in total. The molecule has 2 aromatic carbocycles. The maximum absolute atomic E-state index is 13.0. The maximum Gasteiger partial charge on any atom is 0.257 e. The number of carbonyl (C=O) groups is 1. The van der Waals surface area contributed by atoms with E-state index in [1.165, 1.54) is 19.3 Å². The zero-order valence-corrected chi connectivity index (χ0v) is 13.9. The van der Waals surface area contributed by atoms with Crippen LogP contribution < -0.4 is 0 Å². The van der Waals surface area contributed by atoms with Gasteiger partial charge in [-0.15, -0.1) is 0 Å². The first-order valence-corrected chi connectivity index (χ1v) is 8.97. The average Bonchev–Trinajstić information content (AvgIpc) is 3.15. The van der Waals surface area contributed by atoms with E-state index in [0.29, 0.717) is 11.6 Å². The number of nitrogens with zero attached hydrogens (tertiary/aromatic N) is 2. The van der Waals surface area contributed by atoms with Crippen molar-refractivity contribution in [1.29, 1.82) is 0 Å². The molecule has 0 aromatic heterocycles. The van der Waals surface area contributed by atoms with Gasteiger partial charge in [0.15, 0.2) is 0 Å². The van der Waals surface area contributed by atoms with Gasteiger partial charge in [-0.2, -0.15) is 0 Å². The highest BCUT2D eigenvalue weighted by atomic mass is 16.3. The van der Waals surface area contributed by atoms with E-state index < -0.39 is 0 Å². The number of benzene rings is 2. The highest BCUT2D eigenvalue weighted by Gasteiger charge is 2.30. The van der Waals surface area contributed by atoms with E-state index in [0.717, 1.165) is 43.4 Å². The number of amides is 1. The van der Waals surface area contributed by atoms with Gasteiger partial charge in [0.05, 0.1) is 5.56 Å². The van der Waals surface area contributed by atoms with Gasteiger partial charge in [0.25, 0.3) is 5.91 Å². The molecule has 0 radical (unpaired) electrons. The van der Waals surface area contributed by atoms with Crippen molar-refractivity contribution in [2.75, 3.05) is 26.2 Å². The Balaban J connectivity index is 1.57. The lowest BCUT2D eigenvalue weighted by atomic mass is 10.0. The van der Waals surface area contributed by atoms with Gasteiger partial charge in [-0.05, 0) is 61.7 Å². The zero-order chi connectivity index (χ0) is 16.5. The van der Waals surface area contributed by atoms with Crippen LogP contribution in [-0.4, -0.2) is 53.0 Å². The first-order chi connectivity index (χ1) is 11.7. The van der Waals surface area contributed by atoms with Crippen LogP contribution >= 0.6 is 0 Å². The molecule has 2 aliphatic heterocycles. The van der Waals surface area contributed by atoms with Crippen molar-refractivity contribution in [3.8, 4) is 5.75 Å². The molecule has 0 aliphatic carbocycles. The fraction of sp³-hybridized carbons (Fsp3) is 0.450. The van der Waals surface area contributed by atoms with Crippen molar-refractivity contribution in [3.05, 3.63) is 42.0 Å². The molecule has 2 saturated heterocycles. The monoisotopic (exact) mass is 324 g/mol. The predicted molar refractivity (Wildman–Crippen MR) is 95.3 cm³/mol. The van der Waals surface area contributed by atoms with E-state index in [1.807, 2.05) is 35.2 Å². The topological polar surface area (TPSA) is 43.8 Å². The lowest BCUT2D eigenvalue weighted by Gasteiger charge is -2.37. The molecule has 0 spiro atoms. The van der Waals surface area contributed by atoms with Crippen LogP contribution in [0.5, 0.6) is 5.75 Å². The summed E-state index contributed by atoms with van der Waals surface area (Å²) in [5.74, 6) is 0.0455. The molecule has 126 valence electrons. The van der Waals surface area contributed by atoms with E-state index in [4.69, 9.17) is 0 Å². The SMILES string of the molecule is O=C(c1cc2ccccc2cc1O)N1CCCC(N2CCCC2)C1. The first kappa shape index (κ1) is 15.5. The molecule has 1 amide bonds. The lowest BCUT2D eigenvalue weighted by Crippen LogP contribution is -2.49. The van der Waals surface area contributed by atoms with Gasteiger partial charge in [0.1, 0.15) is 5.75 Å². The third-order valence-electron chi connectivity index (χ3n) is 5.44. The standard InChI is InChI=1S/C20H24N2O2/c23-19-13-16-7-2-1-6-15(16)12-18(19)20(24)22-11-5-8-17(14-22)21-9-3-4-10-21/h1-2,6-7,12-13,17,23H,3-5,8-11,14H2. The molecule has 2 aliphatic rings. The predicted octanol–water partition coefficient (Wildman–Crippen LogP) is 3.25. The minimum Gasteiger partial charge on any atom is -0.507 e. The molecule has 2 fully saturated rings. The summed E-state index contributed by atoms with van der Waals surface area (Å²) in [4.78, 5) is 17.4. The average molecular weight is 324 g/mol. The Bertz CT molecular complexity index is 752. The first-order valence-electron chi connectivity index (χ1n) is 8.97. The van der Waals surface area contributed by atoms with Gasteiger partial charge >= 0.3 is 0 Å². The molecule has 2 heterocycles. The summed E-state index contributed by atoms with van der Waals surface area (Å²) in [5.41, 5.74) is 0.427. The van der Waals surface area contributed by atoms with Crippen LogP contribution in [0.2, 0.25) is 0 Å². The fourth-order valence-corrected chi connectivity index (χ4v) is 4.11. The number of aromatic hydroxyl groups is 1. The molecule has 0 bridgehead atoms. The molecule has 4 nitrogen and oxygen atoms in total. The van der Waals surface area contributed by atoms with E-state index in [2.05, 4.69) is 4.90 Å². The van der Waals surface area contributed by atoms with Gasteiger partial charge in [-0.3, -0.25) is 9.69 Å². The summed E-state index contributed by atoms with van der Waals surface area (Å²) in [7, 11) is 0. The minimum atomic E-state index is -0.0397. The Hall–Kier alpha value is -2.07. The molecule has 4 rings (SSSR count). The third kappa shape index (κ3) is 2.86. The Labute approximate surface area is 142 Å². The smallest absolute Gasteiger partial charge is 0.257 e. The van der Waals surface area contributed by atoms with E-state index in [9.17, 15) is 9.90 Å². The van der Waals surface area contributed by atoms with Crippen LogP contribution in [0.25, 0.3) is 10.8 Å². The second kappa shape index (κ2) is 6.44. The number of hydrogen-bond acceptors (Lipinski definition) is 3. The second-order valence-electron chi connectivity index (χ2n) is 7.01. The van der Waals surface area contributed by atoms with Crippen LogP contribution in [0.4, 0.5) is 0 Å². The molecular formula is C20H24N2O2. The second-order valence-corrected chi connectivity index (χ2v) is 7.01. The van der Waals surface area contributed by atoms with Gasteiger partial charge in [-0.1, -0.05) is 24.3 Å². The van der Waals surface area contributed by atoms with Gasteiger partial charge < -0.3 is 10.0 Å². The Morgan fingerprint density at radius 1 is 1.00 bits per heavy atom. The molecule has 24 heavy (non-hydrogen) atoms. The van der Waals surface area contributed by atoms with Crippen LogP contribution in [0.15, 0.2) is 36.4 Å². The maximum atomic E-state index is 13.0. The molecule has 4 heteroatoms. The number of likely N-dealkylation sites (tertiary alicyclic amines) is 2. The molecule has 2 aromatic rings. The largest absolute Gasteiger partial charge is 0.507 e. The summed E-state index contributed by atoms with van der Waals surface area (Å²) in [5, 5.41) is 12.3. The Morgan fingerprint density at radius 2 is 1.71 bits per heavy atom. The number of phenols is 1. The fourth-order valence-electron chi connectivity index (χ4n) is 4.11. The summed E-state index contributed by atoms with van der Waals surface area (Å²) in [6, 6.07) is 11.8. The number of fused-ring (bicyclic) bond motifs is 1. The quantitative estimate of drug-likeness (QED) is 0.922. The summed E-state index contributed by atoms with van der Waals surface area (Å²) in [6.07, 6.45) is 4.76.